The Morgan fingerprint density at radius 2 is 1.87 bits per heavy atom. The number of nitrogens with one attached hydrogen (secondary N) is 1. The fourth-order valence-corrected chi connectivity index (χ4v) is 1.89. The van der Waals surface area contributed by atoms with Crippen molar-refractivity contribution in [3.05, 3.63) is 0 Å². The third kappa shape index (κ3) is 7.37. The van der Waals surface area contributed by atoms with Crippen LogP contribution in [0.5, 0.6) is 0 Å². The molecule has 0 amide bonds. The van der Waals surface area contributed by atoms with Crippen LogP contribution in [0.2, 0.25) is 0 Å². The lowest BCUT2D eigenvalue weighted by atomic mass is 9.95. The lowest BCUT2D eigenvalue weighted by Gasteiger charge is -2.22. The molecule has 0 fully saturated rings. The summed E-state index contributed by atoms with van der Waals surface area (Å²) >= 11 is 0. The van der Waals surface area contributed by atoms with Crippen molar-refractivity contribution >= 4 is 5.97 Å². The highest BCUT2D eigenvalue weighted by Crippen LogP contribution is 2.12. The minimum absolute atomic E-state index is 0.293. The first-order valence-corrected chi connectivity index (χ1v) is 6.06. The van der Waals surface area contributed by atoms with Crippen molar-refractivity contribution in [2.24, 2.45) is 5.92 Å². The maximum atomic E-state index is 10.3. The van der Waals surface area contributed by atoms with Crippen LogP contribution in [0.15, 0.2) is 0 Å². The summed E-state index contributed by atoms with van der Waals surface area (Å²) in [7, 11) is 0. The van der Waals surface area contributed by atoms with Gasteiger partial charge in [-0.2, -0.15) is 0 Å². The SMILES string of the molecule is CCC(CC)C(C)NCCCCC(=O)O. The van der Waals surface area contributed by atoms with Crippen molar-refractivity contribution in [1.29, 1.82) is 0 Å². The summed E-state index contributed by atoms with van der Waals surface area (Å²) in [6, 6.07) is 0.546. The topological polar surface area (TPSA) is 49.3 Å². The fourth-order valence-electron chi connectivity index (χ4n) is 1.89. The van der Waals surface area contributed by atoms with Gasteiger partial charge >= 0.3 is 5.97 Å². The summed E-state index contributed by atoms with van der Waals surface area (Å²) in [5.41, 5.74) is 0. The van der Waals surface area contributed by atoms with Gasteiger partial charge in [0.25, 0.3) is 0 Å². The lowest BCUT2D eigenvalue weighted by Crippen LogP contribution is -2.33. The second-order valence-corrected chi connectivity index (χ2v) is 4.17. The third-order valence-electron chi connectivity index (χ3n) is 3.04. The van der Waals surface area contributed by atoms with Crippen molar-refractivity contribution < 1.29 is 9.90 Å². The van der Waals surface area contributed by atoms with Crippen molar-refractivity contribution in [3.63, 3.8) is 0 Å². The molecule has 0 aromatic carbocycles. The summed E-state index contributed by atoms with van der Waals surface area (Å²) in [5.74, 6) is 0.0486. The Balaban J connectivity index is 3.45. The van der Waals surface area contributed by atoms with Crippen LogP contribution in [-0.4, -0.2) is 23.7 Å². The van der Waals surface area contributed by atoms with Crippen molar-refractivity contribution in [2.75, 3.05) is 6.54 Å². The average Bonchev–Trinajstić information content (AvgIpc) is 2.18. The van der Waals surface area contributed by atoms with Gasteiger partial charge in [0.05, 0.1) is 0 Å². The molecule has 0 spiro atoms. The molecule has 0 aromatic rings. The standard InChI is InChI=1S/C12H25NO2/c1-4-11(5-2)10(3)13-9-7-6-8-12(14)15/h10-11,13H,4-9H2,1-3H3,(H,14,15). The van der Waals surface area contributed by atoms with Gasteiger partial charge in [0.15, 0.2) is 0 Å². The molecule has 0 radical (unpaired) electrons. The predicted molar refractivity (Wildman–Crippen MR) is 63.0 cm³/mol. The number of carboxylic acid groups (broad SMARTS) is 1. The maximum absolute atomic E-state index is 10.3. The summed E-state index contributed by atoms with van der Waals surface area (Å²) < 4.78 is 0. The molecule has 0 aliphatic heterocycles. The zero-order valence-corrected chi connectivity index (χ0v) is 10.3. The van der Waals surface area contributed by atoms with Gasteiger partial charge in [-0.25, -0.2) is 0 Å². The number of carboxylic acids is 1. The first-order valence-electron chi connectivity index (χ1n) is 6.06. The average molecular weight is 215 g/mol. The minimum atomic E-state index is -0.692. The molecule has 0 rings (SSSR count). The molecular formula is C12H25NO2. The van der Waals surface area contributed by atoms with Crippen molar-refractivity contribution in [2.45, 2.75) is 58.9 Å². The molecule has 0 saturated carbocycles. The Morgan fingerprint density at radius 3 is 2.33 bits per heavy atom. The van der Waals surface area contributed by atoms with E-state index in [2.05, 4.69) is 26.1 Å². The second-order valence-electron chi connectivity index (χ2n) is 4.17. The monoisotopic (exact) mass is 215 g/mol. The van der Waals surface area contributed by atoms with Crippen LogP contribution in [0.4, 0.5) is 0 Å². The van der Waals surface area contributed by atoms with E-state index in [0.29, 0.717) is 12.5 Å². The van der Waals surface area contributed by atoms with E-state index in [1.807, 2.05) is 0 Å². The highest BCUT2D eigenvalue weighted by Gasteiger charge is 2.11. The Hall–Kier alpha value is -0.570. The van der Waals surface area contributed by atoms with E-state index in [1.165, 1.54) is 12.8 Å². The second kappa shape index (κ2) is 8.72. The predicted octanol–water partition coefficient (Wildman–Crippen LogP) is 2.66. The van der Waals surface area contributed by atoms with Crippen LogP contribution in [0, 0.1) is 5.92 Å². The van der Waals surface area contributed by atoms with Gasteiger partial charge in [0, 0.05) is 12.5 Å². The minimum Gasteiger partial charge on any atom is -0.481 e. The Morgan fingerprint density at radius 1 is 1.27 bits per heavy atom. The number of aliphatic carboxylic acids is 1. The number of hydrogen-bond acceptors (Lipinski definition) is 2. The van der Waals surface area contributed by atoms with Gasteiger partial charge in [0.2, 0.25) is 0 Å². The molecular weight excluding hydrogens is 190 g/mol. The molecule has 0 aliphatic rings. The van der Waals surface area contributed by atoms with E-state index in [1.54, 1.807) is 0 Å². The van der Waals surface area contributed by atoms with Gasteiger partial charge < -0.3 is 10.4 Å². The van der Waals surface area contributed by atoms with Gasteiger partial charge in [-0.05, 0) is 32.2 Å². The number of hydrogen-bond donors (Lipinski definition) is 2. The van der Waals surface area contributed by atoms with E-state index in [4.69, 9.17) is 5.11 Å². The molecule has 0 bridgehead atoms. The number of unbranched alkanes of at least 4 members (excludes halogenated alkanes) is 1. The molecule has 15 heavy (non-hydrogen) atoms. The molecule has 0 aliphatic carbocycles. The van der Waals surface area contributed by atoms with E-state index in [0.717, 1.165) is 25.3 Å². The molecule has 3 heteroatoms. The van der Waals surface area contributed by atoms with Crippen LogP contribution >= 0.6 is 0 Å². The lowest BCUT2D eigenvalue weighted by molar-refractivity contribution is -0.137. The van der Waals surface area contributed by atoms with Crippen LogP contribution in [0.1, 0.15) is 52.9 Å². The van der Waals surface area contributed by atoms with Crippen LogP contribution in [0.25, 0.3) is 0 Å². The molecule has 0 heterocycles. The van der Waals surface area contributed by atoms with Crippen molar-refractivity contribution in [3.8, 4) is 0 Å². The molecule has 0 aromatic heterocycles. The Labute approximate surface area is 93.3 Å². The third-order valence-corrected chi connectivity index (χ3v) is 3.04. The zero-order valence-electron chi connectivity index (χ0n) is 10.3. The maximum Gasteiger partial charge on any atom is 0.303 e. The van der Waals surface area contributed by atoms with Crippen LogP contribution in [0.3, 0.4) is 0 Å². The highest BCUT2D eigenvalue weighted by molar-refractivity contribution is 5.66. The summed E-state index contributed by atoms with van der Waals surface area (Å²) in [6.07, 6.45) is 4.44. The first-order chi connectivity index (χ1) is 7.11. The molecule has 90 valence electrons. The van der Waals surface area contributed by atoms with Crippen molar-refractivity contribution in [1.82, 2.24) is 5.32 Å². The normalized spacial score (nSPS) is 13.1. The largest absolute Gasteiger partial charge is 0.481 e. The molecule has 2 N–H and O–H groups in total. The van der Waals surface area contributed by atoms with E-state index in [9.17, 15) is 4.79 Å². The molecule has 1 atom stereocenters. The molecule has 0 saturated heterocycles. The summed E-state index contributed by atoms with van der Waals surface area (Å²) in [6.45, 7) is 7.59. The number of rotatable bonds is 9. The zero-order chi connectivity index (χ0) is 11.7. The Kier molecular flexibility index (Phi) is 8.38. The smallest absolute Gasteiger partial charge is 0.303 e. The first kappa shape index (κ1) is 14.4. The quantitative estimate of drug-likeness (QED) is 0.581. The molecule has 1 unspecified atom stereocenters. The molecule has 3 nitrogen and oxygen atoms in total. The van der Waals surface area contributed by atoms with Gasteiger partial charge in [-0.3, -0.25) is 4.79 Å². The van der Waals surface area contributed by atoms with Gasteiger partial charge in [-0.15, -0.1) is 0 Å². The number of carbonyl (C=O) groups is 1. The summed E-state index contributed by atoms with van der Waals surface area (Å²) in [5, 5.41) is 11.9. The van der Waals surface area contributed by atoms with Crippen LogP contribution < -0.4 is 5.32 Å². The summed E-state index contributed by atoms with van der Waals surface area (Å²) in [4.78, 5) is 10.3. The van der Waals surface area contributed by atoms with E-state index < -0.39 is 5.97 Å². The van der Waals surface area contributed by atoms with E-state index in [-0.39, 0.29) is 0 Å². The van der Waals surface area contributed by atoms with E-state index >= 15 is 0 Å². The van der Waals surface area contributed by atoms with Crippen LogP contribution in [-0.2, 0) is 4.79 Å². The fraction of sp³-hybridized carbons (Fsp3) is 0.917. The highest BCUT2D eigenvalue weighted by atomic mass is 16.4. The Bertz CT molecular complexity index is 167. The van der Waals surface area contributed by atoms with Gasteiger partial charge in [0.1, 0.15) is 0 Å². The van der Waals surface area contributed by atoms with Gasteiger partial charge in [-0.1, -0.05) is 26.7 Å².